The lowest BCUT2D eigenvalue weighted by atomic mass is 10.1. The molecule has 3 atom stereocenters. The topological polar surface area (TPSA) is 47.7 Å². The van der Waals surface area contributed by atoms with Gasteiger partial charge in [-0.1, -0.05) is 18.2 Å². The average Bonchev–Trinajstić information content (AvgIpc) is 2.99. The zero-order valence-corrected chi connectivity index (χ0v) is 17.2. The first kappa shape index (κ1) is 19.0. The maximum absolute atomic E-state index is 12.9. The molecule has 28 heavy (non-hydrogen) atoms. The fraction of sp³-hybridized carbons (Fsp3) is 0.435. The average molecular weight is 381 g/mol. The van der Waals surface area contributed by atoms with Gasteiger partial charge in [0, 0.05) is 34.0 Å². The third kappa shape index (κ3) is 3.40. The van der Waals surface area contributed by atoms with E-state index in [0.717, 1.165) is 25.3 Å². The van der Waals surface area contributed by atoms with Crippen molar-refractivity contribution in [2.75, 3.05) is 18.4 Å². The van der Waals surface area contributed by atoms with Crippen molar-refractivity contribution in [3.63, 3.8) is 0 Å². The van der Waals surface area contributed by atoms with Crippen LogP contribution in [0.2, 0.25) is 0 Å². The van der Waals surface area contributed by atoms with E-state index >= 15 is 0 Å². The number of nitrogens with zero attached hydrogens (tertiary/aromatic N) is 1. The number of fused-ring (bicyclic) bond motifs is 3. The van der Waals surface area contributed by atoms with Gasteiger partial charge in [0.2, 0.25) is 0 Å². The summed E-state index contributed by atoms with van der Waals surface area (Å²) in [5.74, 6) is 0.0647. The fourth-order valence-electron chi connectivity index (χ4n) is 4.58. The SMILES string of the molecule is CCn1c2ccccc2c2cc(NC(=O)[C@H](C)[NH+]3C[C@@H](C)O[C@H](C)C3)ccc21. The number of ether oxygens (including phenoxy) is 1. The molecule has 0 radical (unpaired) electrons. The Hall–Kier alpha value is -2.37. The molecule has 148 valence electrons. The van der Waals surface area contributed by atoms with E-state index in [0.29, 0.717) is 0 Å². The zero-order valence-electron chi connectivity index (χ0n) is 17.2. The van der Waals surface area contributed by atoms with Crippen molar-refractivity contribution in [1.29, 1.82) is 0 Å². The van der Waals surface area contributed by atoms with E-state index in [1.807, 2.05) is 13.0 Å². The molecule has 1 amide bonds. The number of nitrogens with one attached hydrogen (secondary N) is 2. The molecule has 0 spiro atoms. The lowest BCUT2D eigenvalue weighted by molar-refractivity contribution is -0.928. The Balaban J connectivity index is 1.59. The molecule has 0 saturated carbocycles. The van der Waals surface area contributed by atoms with Gasteiger partial charge in [0.15, 0.2) is 6.04 Å². The first-order valence-corrected chi connectivity index (χ1v) is 10.3. The molecule has 0 aliphatic carbocycles. The Kier molecular flexibility index (Phi) is 5.13. The summed E-state index contributed by atoms with van der Waals surface area (Å²) < 4.78 is 8.13. The number of rotatable bonds is 4. The number of anilines is 1. The van der Waals surface area contributed by atoms with Crippen LogP contribution >= 0.6 is 0 Å². The van der Waals surface area contributed by atoms with E-state index in [4.69, 9.17) is 4.74 Å². The highest BCUT2D eigenvalue weighted by atomic mass is 16.5. The normalized spacial score (nSPS) is 23.8. The van der Waals surface area contributed by atoms with Gasteiger partial charge in [-0.3, -0.25) is 4.79 Å². The Morgan fingerprint density at radius 1 is 1.14 bits per heavy atom. The van der Waals surface area contributed by atoms with Crippen molar-refractivity contribution in [3.05, 3.63) is 42.5 Å². The minimum Gasteiger partial charge on any atom is -0.364 e. The quantitative estimate of drug-likeness (QED) is 0.731. The second-order valence-electron chi connectivity index (χ2n) is 8.03. The Morgan fingerprint density at radius 3 is 2.54 bits per heavy atom. The van der Waals surface area contributed by atoms with Gasteiger partial charge in [-0.05, 0) is 52.0 Å². The maximum atomic E-state index is 12.9. The molecule has 0 bridgehead atoms. The molecule has 2 heterocycles. The smallest absolute Gasteiger partial charge is 0.282 e. The van der Waals surface area contributed by atoms with Gasteiger partial charge in [-0.2, -0.15) is 0 Å². The molecule has 1 aromatic heterocycles. The predicted molar refractivity (Wildman–Crippen MR) is 114 cm³/mol. The number of para-hydroxylation sites is 1. The molecule has 2 aromatic carbocycles. The zero-order chi connectivity index (χ0) is 19.8. The molecule has 5 nitrogen and oxygen atoms in total. The maximum Gasteiger partial charge on any atom is 0.282 e. The summed E-state index contributed by atoms with van der Waals surface area (Å²) in [5.41, 5.74) is 3.30. The Bertz CT molecular complexity index is 1000. The highest BCUT2D eigenvalue weighted by Crippen LogP contribution is 2.30. The summed E-state index contributed by atoms with van der Waals surface area (Å²) in [6, 6.07) is 14.6. The van der Waals surface area contributed by atoms with E-state index in [2.05, 4.69) is 67.1 Å². The number of carbonyl (C=O) groups is 1. The van der Waals surface area contributed by atoms with Gasteiger partial charge in [-0.25, -0.2) is 0 Å². The molecule has 1 aliphatic heterocycles. The number of hydrogen-bond acceptors (Lipinski definition) is 2. The molecule has 1 aliphatic rings. The molecule has 2 N–H and O–H groups in total. The van der Waals surface area contributed by atoms with E-state index in [-0.39, 0.29) is 24.2 Å². The summed E-state index contributed by atoms with van der Waals surface area (Å²) in [5, 5.41) is 5.55. The van der Waals surface area contributed by atoms with Crippen molar-refractivity contribution in [1.82, 2.24) is 4.57 Å². The van der Waals surface area contributed by atoms with Crippen molar-refractivity contribution < 1.29 is 14.4 Å². The van der Waals surface area contributed by atoms with Crippen LogP contribution in [0.15, 0.2) is 42.5 Å². The Labute approximate surface area is 166 Å². The number of quaternary nitrogens is 1. The summed E-state index contributed by atoms with van der Waals surface area (Å²) in [6.07, 6.45) is 0.371. The van der Waals surface area contributed by atoms with Crippen LogP contribution in [-0.2, 0) is 16.1 Å². The summed E-state index contributed by atoms with van der Waals surface area (Å²) in [6.45, 7) is 11.0. The number of benzene rings is 2. The number of aromatic nitrogens is 1. The molecule has 1 saturated heterocycles. The lowest BCUT2D eigenvalue weighted by Crippen LogP contribution is -3.19. The molecular weight excluding hydrogens is 350 g/mol. The van der Waals surface area contributed by atoms with E-state index in [9.17, 15) is 4.79 Å². The third-order valence-corrected chi connectivity index (χ3v) is 5.93. The van der Waals surface area contributed by atoms with Gasteiger partial charge < -0.3 is 19.5 Å². The van der Waals surface area contributed by atoms with Crippen LogP contribution in [0.3, 0.4) is 0 Å². The molecular formula is C23H30N3O2+. The monoisotopic (exact) mass is 380 g/mol. The number of morpholine rings is 1. The summed E-state index contributed by atoms with van der Waals surface area (Å²) in [4.78, 5) is 14.2. The van der Waals surface area contributed by atoms with Gasteiger partial charge in [0.05, 0.1) is 0 Å². The van der Waals surface area contributed by atoms with Gasteiger partial charge in [0.1, 0.15) is 25.3 Å². The number of carbonyl (C=O) groups excluding carboxylic acids is 1. The van der Waals surface area contributed by atoms with E-state index in [1.165, 1.54) is 26.7 Å². The largest absolute Gasteiger partial charge is 0.364 e. The fourth-order valence-corrected chi connectivity index (χ4v) is 4.58. The van der Waals surface area contributed by atoms with Crippen LogP contribution in [0.4, 0.5) is 5.69 Å². The molecule has 1 fully saturated rings. The van der Waals surface area contributed by atoms with Crippen LogP contribution in [0, 0.1) is 0 Å². The molecule has 3 aromatic rings. The number of aryl methyl sites for hydroxylation is 1. The van der Waals surface area contributed by atoms with Crippen molar-refractivity contribution >= 4 is 33.4 Å². The molecule has 0 unspecified atom stereocenters. The number of hydrogen-bond donors (Lipinski definition) is 2. The summed E-state index contributed by atoms with van der Waals surface area (Å²) >= 11 is 0. The van der Waals surface area contributed by atoms with Crippen LogP contribution in [0.1, 0.15) is 27.7 Å². The highest BCUT2D eigenvalue weighted by Gasteiger charge is 2.33. The van der Waals surface area contributed by atoms with Crippen molar-refractivity contribution in [2.45, 2.75) is 52.5 Å². The van der Waals surface area contributed by atoms with Gasteiger partial charge in [-0.15, -0.1) is 0 Å². The van der Waals surface area contributed by atoms with Crippen LogP contribution in [0.5, 0.6) is 0 Å². The van der Waals surface area contributed by atoms with E-state index in [1.54, 1.807) is 0 Å². The van der Waals surface area contributed by atoms with Crippen molar-refractivity contribution in [2.24, 2.45) is 0 Å². The van der Waals surface area contributed by atoms with Crippen molar-refractivity contribution in [3.8, 4) is 0 Å². The van der Waals surface area contributed by atoms with E-state index < -0.39 is 0 Å². The van der Waals surface area contributed by atoms with Gasteiger partial charge in [0.25, 0.3) is 5.91 Å². The molecule has 4 rings (SSSR count). The standard InChI is InChI=1S/C23H29N3O2/c1-5-26-21-9-7-6-8-19(21)20-12-18(10-11-22(20)26)24-23(27)17(4)25-13-15(2)28-16(3)14-25/h6-12,15-17H,5,13-14H2,1-4H3,(H,24,27)/p+1/t15-,16-,17+/m1/s1. The minimum atomic E-state index is -0.110. The third-order valence-electron chi connectivity index (χ3n) is 5.93. The predicted octanol–water partition coefficient (Wildman–Crippen LogP) is 2.83. The van der Waals surface area contributed by atoms with Crippen LogP contribution in [-0.4, -0.2) is 41.8 Å². The second kappa shape index (κ2) is 7.57. The first-order valence-electron chi connectivity index (χ1n) is 10.3. The highest BCUT2D eigenvalue weighted by molar-refractivity contribution is 6.09. The minimum absolute atomic E-state index is 0.0647. The second-order valence-corrected chi connectivity index (χ2v) is 8.03. The first-order chi connectivity index (χ1) is 13.5. The lowest BCUT2D eigenvalue weighted by Gasteiger charge is -2.35. The Morgan fingerprint density at radius 2 is 1.82 bits per heavy atom. The molecule has 5 heteroatoms. The van der Waals surface area contributed by atoms with Crippen LogP contribution < -0.4 is 10.2 Å². The van der Waals surface area contributed by atoms with Crippen LogP contribution in [0.25, 0.3) is 21.8 Å². The summed E-state index contributed by atoms with van der Waals surface area (Å²) in [7, 11) is 0. The van der Waals surface area contributed by atoms with Gasteiger partial charge >= 0.3 is 0 Å². The number of amides is 1.